The average Bonchev–Trinajstić information content (AvgIpc) is 3.06. The van der Waals surface area contributed by atoms with Gasteiger partial charge in [0.15, 0.2) is 11.5 Å². The predicted molar refractivity (Wildman–Crippen MR) is 91.9 cm³/mol. The highest BCUT2D eigenvalue weighted by Gasteiger charge is 2.51. The summed E-state index contributed by atoms with van der Waals surface area (Å²) in [6.45, 7) is -0.155. The van der Waals surface area contributed by atoms with Crippen LogP contribution in [-0.4, -0.2) is 41.6 Å². The summed E-state index contributed by atoms with van der Waals surface area (Å²) in [4.78, 5) is 38.5. The minimum atomic E-state index is -0.827. The highest BCUT2D eigenvalue weighted by atomic mass is 16.7. The highest BCUT2D eigenvalue weighted by Crippen LogP contribution is 2.35. The van der Waals surface area contributed by atoms with Crippen molar-refractivity contribution >= 4 is 23.5 Å². The third-order valence-corrected chi connectivity index (χ3v) is 5.16. The quantitative estimate of drug-likeness (QED) is 0.805. The van der Waals surface area contributed by atoms with Gasteiger partial charge in [-0.3, -0.25) is 14.5 Å². The van der Waals surface area contributed by atoms with Gasteiger partial charge in [0.05, 0.1) is 0 Å². The zero-order valence-corrected chi connectivity index (χ0v) is 14.4. The summed E-state index contributed by atoms with van der Waals surface area (Å²) in [6, 6.07) is 4.55. The van der Waals surface area contributed by atoms with E-state index < -0.39 is 17.5 Å². The highest BCUT2D eigenvalue weighted by molar-refractivity contribution is 6.10. The molecule has 1 aliphatic carbocycles. The summed E-state index contributed by atoms with van der Waals surface area (Å²) in [5.74, 6) is 0.450. The molecule has 1 saturated heterocycles. The number of ether oxygens (including phenoxy) is 2. The fraction of sp³-hybridized carbons (Fsp3) is 0.500. The molecule has 0 radical (unpaired) electrons. The molecular formula is C18H21N3O5. The summed E-state index contributed by atoms with van der Waals surface area (Å²) >= 11 is 0. The lowest BCUT2D eigenvalue weighted by Crippen LogP contribution is -2.47. The number of rotatable bonds is 3. The van der Waals surface area contributed by atoms with E-state index in [0.717, 1.165) is 30.6 Å². The number of imide groups is 1. The molecular weight excluding hydrogens is 338 g/mol. The first-order chi connectivity index (χ1) is 12.6. The van der Waals surface area contributed by atoms with Crippen molar-refractivity contribution in [2.45, 2.75) is 44.1 Å². The third kappa shape index (κ3) is 2.95. The van der Waals surface area contributed by atoms with E-state index in [1.165, 1.54) is 0 Å². The van der Waals surface area contributed by atoms with Crippen LogP contribution in [0.25, 0.3) is 0 Å². The molecule has 2 heterocycles. The van der Waals surface area contributed by atoms with Crippen LogP contribution in [0.1, 0.15) is 38.5 Å². The maximum atomic E-state index is 12.8. The minimum absolute atomic E-state index is 0.150. The molecule has 0 unspecified atom stereocenters. The topological polar surface area (TPSA) is 97.0 Å². The molecule has 2 N–H and O–H groups in total. The first-order valence-corrected chi connectivity index (χ1v) is 8.91. The van der Waals surface area contributed by atoms with Gasteiger partial charge in [-0.15, -0.1) is 0 Å². The Balaban J connectivity index is 1.42. The monoisotopic (exact) mass is 359 g/mol. The molecule has 0 bridgehead atoms. The summed E-state index contributed by atoms with van der Waals surface area (Å²) in [5.41, 5.74) is -0.303. The van der Waals surface area contributed by atoms with Crippen LogP contribution in [0.2, 0.25) is 0 Å². The summed E-state index contributed by atoms with van der Waals surface area (Å²) in [6.07, 6.45) is 5.22. The van der Waals surface area contributed by atoms with E-state index in [0.29, 0.717) is 30.0 Å². The number of nitrogens with one attached hydrogen (secondary N) is 2. The number of carbonyl (C=O) groups is 3. The van der Waals surface area contributed by atoms with Crippen molar-refractivity contribution in [1.29, 1.82) is 0 Å². The van der Waals surface area contributed by atoms with Gasteiger partial charge < -0.3 is 20.1 Å². The molecule has 26 heavy (non-hydrogen) atoms. The predicted octanol–water partition coefficient (Wildman–Crippen LogP) is 2.00. The van der Waals surface area contributed by atoms with E-state index in [-0.39, 0.29) is 19.2 Å². The molecule has 1 saturated carbocycles. The number of anilines is 1. The fourth-order valence-corrected chi connectivity index (χ4v) is 3.81. The Morgan fingerprint density at radius 3 is 2.62 bits per heavy atom. The molecule has 8 nitrogen and oxygen atoms in total. The molecule has 2 fully saturated rings. The lowest BCUT2D eigenvalue weighted by Gasteiger charge is -2.24. The number of hydrogen-bond donors (Lipinski definition) is 2. The Hall–Kier alpha value is -2.77. The van der Waals surface area contributed by atoms with Crippen LogP contribution in [-0.2, 0) is 9.59 Å². The standard InChI is InChI=1S/C18H21N3O5/c22-15(19-12-5-6-13-14(9-12)26-11-25-13)10-21-16(23)18(20-17(21)24)7-3-1-2-4-8-18/h5-6,9H,1-4,7-8,10-11H2,(H,19,22)(H,20,24). The van der Waals surface area contributed by atoms with Gasteiger partial charge in [-0.05, 0) is 25.0 Å². The van der Waals surface area contributed by atoms with E-state index in [4.69, 9.17) is 9.47 Å². The van der Waals surface area contributed by atoms with E-state index in [1.54, 1.807) is 18.2 Å². The Morgan fingerprint density at radius 1 is 1.12 bits per heavy atom. The zero-order valence-electron chi connectivity index (χ0n) is 14.4. The van der Waals surface area contributed by atoms with Crippen molar-refractivity contribution in [3.8, 4) is 11.5 Å². The van der Waals surface area contributed by atoms with Crippen LogP contribution in [0, 0.1) is 0 Å². The zero-order chi connectivity index (χ0) is 18.1. The van der Waals surface area contributed by atoms with Crippen molar-refractivity contribution in [3.63, 3.8) is 0 Å². The van der Waals surface area contributed by atoms with Crippen LogP contribution in [0.3, 0.4) is 0 Å². The number of fused-ring (bicyclic) bond motifs is 1. The summed E-state index contributed by atoms with van der Waals surface area (Å²) in [7, 11) is 0. The Kier molecular flexibility index (Phi) is 4.18. The van der Waals surface area contributed by atoms with E-state index in [1.807, 2.05) is 0 Å². The summed E-state index contributed by atoms with van der Waals surface area (Å²) < 4.78 is 10.5. The second-order valence-electron chi connectivity index (χ2n) is 6.93. The lowest BCUT2D eigenvalue weighted by molar-refractivity contribution is -0.134. The molecule has 1 aromatic rings. The molecule has 1 spiro atoms. The van der Waals surface area contributed by atoms with Gasteiger partial charge in [0.1, 0.15) is 12.1 Å². The Labute approximate surface area is 150 Å². The van der Waals surface area contributed by atoms with Gasteiger partial charge in [0.25, 0.3) is 5.91 Å². The average molecular weight is 359 g/mol. The van der Waals surface area contributed by atoms with Crippen molar-refractivity contribution in [2.24, 2.45) is 0 Å². The van der Waals surface area contributed by atoms with Crippen LogP contribution < -0.4 is 20.1 Å². The lowest BCUT2D eigenvalue weighted by atomic mass is 9.90. The number of nitrogens with zero attached hydrogens (tertiary/aromatic N) is 1. The largest absolute Gasteiger partial charge is 0.454 e. The molecule has 0 atom stereocenters. The van der Waals surface area contributed by atoms with Gasteiger partial charge in [-0.25, -0.2) is 4.79 Å². The maximum Gasteiger partial charge on any atom is 0.325 e. The number of amides is 4. The molecule has 1 aromatic carbocycles. The van der Waals surface area contributed by atoms with Gasteiger partial charge in [0.2, 0.25) is 12.7 Å². The molecule has 4 amide bonds. The second kappa shape index (κ2) is 6.51. The Morgan fingerprint density at radius 2 is 1.85 bits per heavy atom. The van der Waals surface area contributed by atoms with Crippen molar-refractivity contribution < 1.29 is 23.9 Å². The van der Waals surface area contributed by atoms with Crippen molar-refractivity contribution in [2.75, 3.05) is 18.7 Å². The smallest absolute Gasteiger partial charge is 0.325 e. The van der Waals surface area contributed by atoms with Crippen LogP contribution in [0.15, 0.2) is 18.2 Å². The third-order valence-electron chi connectivity index (χ3n) is 5.16. The van der Waals surface area contributed by atoms with Gasteiger partial charge in [0, 0.05) is 11.8 Å². The first kappa shape index (κ1) is 16.7. The van der Waals surface area contributed by atoms with Gasteiger partial charge in [-0.1, -0.05) is 25.7 Å². The first-order valence-electron chi connectivity index (χ1n) is 8.91. The second-order valence-corrected chi connectivity index (χ2v) is 6.93. The maximum absolute atomic E-state index is 12.8. The minimum Gasteiger partial charge on any atom is -0.454 e. The van der Waals surface area contributed by atoms with Crippen molar-refractivity contribution in [3.05, 3.63) is 18.2 Å². The van der Waals surface area contributed by atoms with E-state index in [2.05, 4.69) is 10.6 Å². The normalized spacial score (nSPS) is 20.8. The molecule has 2 aliphatic heterocycles. The molecule has 4 rings (SSSR count). The van der Waals surface area contributed by atoms with Crippen LogP contribution in [0.4, 0.5) is 10.5 Å². The number of hydrogen-bond acceptors (Lipinski definition) is 5. The fourth-order valence-electron chi connectivity index (χ4n) is 3.81. The van der Waals surface area contributed by atoms with E-state index >= 15 is 0 Å². The molecule has 0 aromatic heterocycles. The van der Waals surface area contributed by atoms with Gasteiger partial charge in [-0.2, -0.15) is 0 Å². The van der Waals surface area contributed by atoms with Crippen LogP contribution in [0.5, 0.6) is 11.5 Å². The van der Waals surface area contributed by atoms with Gasteiger partial charge >= 0.3 is 6.03 Å². The molecule has 3 aliphatic rings. The number of urea groups is 1. The SMILES string of the molecule is O=C(CN1C(=O)NC2(CCCCCC2)C1=O)Nc1ccc2c(c1)OCO2. The molecule has 8 heteroatoms. The van der Waals surface area contributed by atoms with E-state index in [9.17, 15) is 14.4 Å². The summed E-state index contributed by atoms with van der Waals surface area (Å²) in [5, 5.41) is 5.53. The van der Waals surface area contributed by atoms with Crippen molar-refractivity contribution in [1.82, 2.24) is 10.2 Å². The Bertz CT molecular complexity index is 755. The van der Waals surface area contributed by atoms with Crippen LogP contribution >= 0.6 is 0 Å². The number of carbonyl (C=O) groups excluding carboxylic acids is 3. The number of benzene rings is 1. The molecule has 138 valence electrons.